The Morgan fingerprint density at radius 2 is 1.75 bits per heavy atom. The van der Waals surface area contributed by atoms with E-state index in [2.05, 4.69) is 4.98 Å². The van der Waals surface area contributed by atoms with E-state index < -0.39 is 5.82 Å². The third-order valence-electron chi connectivity index (χ3n) is 2.96. The molecule has 6 heteroatoms. The minimum Gasteiger partial charge on any atom is -0.292 e. The molecule has 102 valence electrons. The largest absolute Gasteiger partial charge is 0.292 e. The highest BCUT2D eigenvalue weighted by molar-refractivity contribution is 6.31. The first kappa shape index (κ1) is 13.7. The number of hydrogen-bond acceptors (Lipinski definition) is 1. The van der Waals surface area contributed by atoms with Crippen LogP contribution in [0, 0.1) is 5.82 Å². The highest BCUT2D eigenvalue weighted by Gasteiger charge is 2.15. The van der Waals surface area contributed by atoms with Gasteiger partial charge in [0.05, 0.1) is 22.6 Å². The minimum absolute atomic E-state index is 0.161. The molecule has 0 saturated carbocycles. The first-order valence-electron chi connectivity index (χ1n) is 5.78. The van der Waals surface area contributed by atoms with E-state index in [4.69, 9.17) is 34.8 Å². The van der Waals surface area contributed by atoms with Crippen molar-refractivity contribution in [3.63, 3.8) is 0 Å². The van der Waals surface area contributed by atoms with Gasteiger partial charge >= 0.3 is 0 Å². The fourth-order valence-corrected chi connectivity index (χ4v) is 2.63. The second kappa shape index (κ2) is 5.24. The van der Waals surface area contributed by atoms with Gasteiger partial charge in [-0.25, -0.2) is 9.37 Å². The van der Waals surface area contributed by atoms with E-state index in [1.807, 2.05) is 0 Å². The third kappa shape index (κ3) is 2.26. The van der Waals surface area contributed by atoms with Crippen LogP contribution in [0.25, 0.3) is 16.7 Å². The van der Waals surface area contributed by atoms with Crippen LogP contribution in [0.3, 0.4) is 0 Å². The first-order valence-corrected chi connectivity index (χ1v) is 7.07. The second-order valence-corrected chi connectivity index (χ2v) is 5.37. The third-order valence-corrected chi connectivity index (χ3v) is 3.67. The van der Waals surface area contributed by atoms with Crippen molar-refractivity contribution < 1.29 is 4.39 Å². The summed E-state index contributed by atoms with van der Waals surface area (Å²) in [5.41, 5.74) is 1.77. The summed E-state index contributed by atoms with van der Waals surface area (Å²) in [5.74, 6) is 0.275. The van der Waals surface area contributed by atoms with E-state index in [9.17, 15) is 4.39 Å². The van der Waals surface area contributed by atoms with Gasteiger partial charge in [0.1, 0.15) is 11.6 Å². The molecule has 3 aromatic rings. The van der Waals surface area contributed by atoms with Crippen LogP contribution in [0.1, 0.15) is 5.82 Å². The molecule has 1 heterocycles. The van der Waals surface area contributed by atoms with Crippen LogP contribution in [-0.4, -0.2) is 9.55 Å². The Morgan fingerprint density at radius 1 is 1.05 bits per heavy atom. The van der Waals surface area contributed by atoms with E-state index in [0.717, 1.165) is 5.52 Å². The summed E-state index contributed by atoms with van der Waals surface area (Å²) in [5, 5.41) is 0.908. The van der Waals surface area contributed by atoms with Gasteiger partial charge in [-0.05, 0) is 36.4 Å². The highest BCUT2D eigenvalue weighted by Crippen LogP contribution is 2.27. The first-order chi connectivity index (χ1) is 9.60. The molecular weight excluding hydrogens is 322 g/mol. The average molecular weight is 330 g/mol. The Labute approximate surface area is 129 Å². The van der Waals surface area contributed by atoms with E-state index in [-0.39, 0.29) is 5.88 Å². The summed E-state index contributed by atoms with van der Waals surface area (Å²) in [6, 6.07) is 9.72. The Morgan fingerprint density at radius 3 is 2.45 bits per heavy atom. The van der Waals surface area contributed by atoms with E-state index in [0.29, 0.717) is 27.1 Å². The molecule has 0 N–H and O–H groups in total. The van der Waals surface area contributed by atoms with Crippen molar-refractivity contribution in [3.05, 3.63) is 58.1 Å². The van der Waals surface area contributed by atoms with Gasteiger partial charge in [0.15, 0.2) is 0 Å². The van der Waals surface area contributed by atoms with Gasteiger partial charge in [0, 0.05) is 10.0 Å². The van der Waals surface area contributed by atoms with Gasteiger partial charge in [0.25, 0.3) is 0 Å². The molecule has 0 aliphatic rings. The highest BCUT2D eigenvalue weighted by atomic mass is 35.5. The summed E-state index contributed by atoms with van der Waals surface area (Å²) in [7, 11) is 0. The lowest BCUT2D eigenvalue weighted by Gasteiger charge is -2.09. The number of aromatic nitrogens is 2. The topological polar surface area (TPSA) is 17.8 Å². The summed E-state index contributed by atoms with van der Waals surface area (Å²) in [6.45, 7) is 0. The van der Waals surface area contributed by atoms with Crippen LogP contribution in [0.4, 0.5) is 4.39 Å². The Bertz CT molecular complexity index is 798. The lowest BCUT2D eigenvalue weighted by Crippen LogP contribution is -2.02. The number of nitrogens with zero attached hydrogens (tertiary/aromatic N) is 2. The molecule has 0 aliphatic carbocycles. The molecule has 1 aromatic heterocycles. The molecule has 0 bridgehead atoms. The van der Waals surface area contributed by atoms with Gasteiger partial charge in [-0.2, -0.15) is 0 Å². The zero-order valence-corrected chi connectivity index (χ0v) is 12.3. The number of halogens is 4. The van der Waals surface area contributed by atoms with Gasteiger partial charge in [-0.3, -0.25) is 4.57 Å². The maximum atomic E-state index is 14.1. The molecule has 0 saturated heterocycles. The summed E-state index contributed by atoms with van der Waals surface area (Å²) >= 11 is 17.6. The van der Waals surface area contributed by atoms with Crippen LogP contribution in [-0.2, 0) is 5.88 Å². The lowest BCUT2D eigenvalue weighted by molar-refractivity contribution is 0.618. The molecule has 0 radical (unpaired) electrons. The summed E-state index contributed by atoms with van der Waals surface area (Å²) < 4.78 is 15.8. The molecule has 0 aliphatic heterocycles. The van der Waals surface area contributed by atoms with E-state index in [1.54, 1.807) is 34.9 Å². The molecule has 2 nitrogen and oxygen atoms in total. The predicted octanol–water partition coefficient (Wildman–Crippen LogP) is 5.21. The van der Waals surface area contributed by atoms with Crippen molar-refractivity contribution in [1.82, 2.24) is 9.55 Å². The van der Waals surface area contributed by atoms with Crippen molar-refractivity contribution in [2.75, 3.05) is 0 Å². The van der Waals surface area contributed by atoms with Crippen molar-refractivity contribution >= 4 is 45.8 Å². The fourth-order valence-electron chi connectivity index (χ4n) is 2.12. The minimum atomic E-state index is -0.432. The molecule has 20 heavy (non-hydrogen) atoms. The SMILES string of the molecule is Fc1cc(Cl)ccc1-n1c(CCl)nc2cc(Cl)ccc21. The predicted molar refractivity (Wildman–Crippen MR) is 80.6 cm³/mol. The fraction of sp³-hybridized carbons (Fsp3) is 0.0714. The van der Waals surface area contributed by atoms with E-state index >= 15 is 0 Å². The van der Waals surface area contributed by atoms with Crippen LogP contribution in [0.15, 0.2) is 36.4 Å². The maximum Gasteiger partial charge on any atom is 0.148 e. The molecule has 0 amide bonds. The van der Waals surface area contributed by atoms with Gasteiger partial charge in [0.2, 0.25) is 0 Å². The zero-order chi connectivity index (χ0) is 14.3. The quantitative estimate of drug-likeness (QED) is 0.590. The number of rotatable bonds is 2. The molecule has 0 atom stereocenters. The van der Waals surface area contributed by atoms with Gasteiger partial charge < -0.3 is 0 Å². The Hall–Kier alpha value is -1.29. The van der Waals surface area contributed by atoms with Crippen LogP contribution < -0.4 is 0 Å². The number of imidazole rings is 1. The molecule has 0 spiro atoms. The van der Waals surface area contributed by atoms with E-state index in [1.165, 1.54) is 6.07 Å². The van der Waals surface area contributed by atoms with Crippen molar-refractivity contribution in [3.8, 4) is 5.69 Å². The molecular formula is C14H8Cl3FN2. The van der Waals surface area contributed by atoms with Crippen molar-refractivity contribution in [2.24, 2.45) is 0 Å². The van der Waals surface area contributed by atoms with Gasteiger partial charge in [-0.1, -0.05) is 23.2 Å². The van der Waals surface area contributed by atoms with Gasteiger partial charge in [-0.15, -0.1) is 11.6 Å². The standard InChI is InChI=1S/C14H8Cl3FN2/c15-7-14-19-11-6-9(17)2-4-13(11)20(14)12-3-1-8(16)5-10(12)18/h1-6H,7H2. The van der Waals surface area contributed by atoms with Crippen molar-refractivity contribution in [2.45, 2.75) is 5.88 Å². The molecule has 0 fully saturated rings. The number of benzene rings is 2. The summed E-state index contributed by atoms with van der Waals surface area (Å²) in [4.78, 5) is 4.38. The smallest absolute Gasteiger partial charge is 0.148 e. The average Bonchev–Trinajstić information content (AvgIpc) is 2.76. The van der Waals surface area contributed by atoms with Crippen LogP contribution in [0.5, 0.6) is 0 Å². The van der Waals surface area contributed by atoms with Crippen molar-refractivity contribution in [1.29, 1.82) is 0 Å². The number of hydrogen-bond donors (Lipinski definition) is 0. The Balaban J connectivity index is 2.34. The molecule has 0 unspecified atom stereocenters. The Kier molecular flexibility index (Phi) is 3.59. The molecule has 3 rings (SSSR count). The molecule has 2 aromatic carbocycles. The van der Waals surface area contributed by atoms with Crippen LogP contribution in [0.2, 0.25) is 10.0 Å². The monoisotopic (exact) mass is 328 g/mol. The normalized spacial score (nSPS) is 11.2. The second-order valence-electron chi connectivity index (χ2n) is 4.23. The number of fused-ring (bicyclic) bond motifs is 1. The maximum absolute atomic E-state index is 14.1. The number of alkyl halides is 1. The lowest BCUT2D eigenvalue weighted by atomic mass is 10.2. The zero-order valence-electron chi connectivity index (χ0n) is 10.1. The summed E-state index contributed by atoms with van der Waals surface area (Å²) in [6.07, 6.45) is 0. The van der Waals surface area contributed by atoms with Crippen LogP contribution >= 0.6 is 34.8 Å².